The van der Waals surface area contributed by atoms with Gasteiger partial charge in [0.05, 0.1) is 0 Å². The van der Waals surface area contributed by atoms with Gasteiger partial charge in [-0.3, -0.25) is 0 Å². The zero-order chi connectivity index (χ0) is 11.6. The summed E-state index contributed by atoms with van der Waals surface area (Å²) in [6.45, 7) is 13.6. The van der Waals surface area contributed by atoms with Crippen molar-refractivity contribution in [1.29, 1.82) is 0 Å². The predicted octanol–water partition coefficient (Wildman–Crippen LogP) is 1.78. The Balaban J connectivity index is 2.99. The third-order valence-corrected chi connectivity index (χ3v) is 1.95. The van der Waals surface area contributed by atoms with E-state index in [1.165, 1.54) is 0 Å². The summed E-state index contributed by atoms with van der Waals surface area (Å²) >= 11 is 0. The molecule has 0 aromatic heterocycles. The van der Waals surface area contributed by atoms with Gasteiger partial charge in [-0.1, -0.05) is 6.92 Å². The van der Waals surface area contributed by atoms with Crippen molar-refractivity contribution >= 4 is 0 Å². The summed E-state index contributed by atoms with van der Waals surface area (Å²) in [5.74, 6) is 0. The molecule has 0 aromatic rings. The topological polar surface area (TPSA) is 33.3 Å². The number of rotatable bonds is 9. The van der Waals surface area contributed by atoms with Crippen LogP contribution in [0.4, 0.5) is 0 Å². The molecule has 0 bridgehead atoms. The van der Waals surface area contributed by atoms with Gasteiger partial charge < -0.3 is 15.4 Å². The summed E-state index contributed by atoms with van der Waals surface area (Å²) in [7, 11) is 0. The molecule has 0 aliphatic carbocycles. The van der Waals surface area contributed by atoms with Gasteiger partial charge in [0, 0.05) is 31.8 Å². The average molecular weight is 216 g/mol. The van der Waals surface area contributed by atoms with Crippen LogP contribution in [0.1, 0.15) is 40.5 Å². The zero-order valence-electron chi connectivity index (χ0n) is 10.9. The number of hydrogen-bond donors (Lipinski definition) is 2. The molecule has 0 saturated heterocycles. The Bertz CT molecular complexity index is 132. The van der Waals surface area contributed by atoms with Gasteiger partial charge in [0.15, 0.2) is 0 Å². The van der Waals surface area contributed by atoms with Crippen molar-refractivity contribution in [2.45, 2.75) is 46.1 Å². The van der Waals surface area contributed by atoms with Crippen LogP contribution in [0.2, 0.25) is 0 Å². The molecule has 0 spiro atoms. The molecule has 0 aliphatic rings. The predicted molar refractivity (Wildman–Crippen MR) is 66.4 cm³/mol. The van der Waals surface area contributed by atoms with Gasteiger partial charge in [0.25, 0.3) is 0 Å². The van der Waals surface area contributed by atoms with Crippen molar-refractivity contribution < 1.29 is 4.74 Å². The van der Waals surface area contributed by atoms with Crippen LogP contribution in [-0.4, -0.2) is 38.4 Å². The smallest absolute Gasteiger partial charge is 0.0478 e. The van der Waals surface area contributed by atoms with Crippen LogP contribution in [0.25, 0.3) is 0 Å². The third kappa shape index (κ3) is 13.9. The lowest BCUT2D eigenvalue weighted by Crippen LogP contribution is -2.40. The van der Waals surface area contributed by atoms with Crippen LogP contribution < -0.4 is 10.6 Å². The fraction of sp³-hybridized carbons (Fsp3) is 1.00. The van der Waals surface area contributed by atoms with Crippen molar-refractivity contribution in [1.82, 2.24) is 10.6 Å². The number of hydrogen-bond acceptors (Lipinski definition) is 3. The van der Waals surface area contributed by atoms with Crippen LogP contribution in [0.3, 0.4) is 0 Å². The van der Waals surface area contributed by atoms with E-state index in [2.05, 4.69) is 38.3 Å². The Kier molecular flexibility index (Phi) is 9.06. The summed E-state index contributed by atoms with van der Waals surface area (Å²) in [4.78, 5) is 0. The van der Waals surface area contributed by atoms with Gasteiger partial charge in [0.1, 0.15) is 0 Å². The largest absolute Gasteiger partial charge is 0.381 e. The molecule has 0 amide bonds. The molecule has 0 heterocycles. The Morgan fingerprint density at radius 2 is 1.73 bits per heavy atom. The first-order valence-corrected chi connectivity index (χ1v) is 6.10. The maximum atomic E-state index is 5.39. The van der Waals surface area contributed by atoms with Gasteiger partial charge in [-0.2, -0.15) is 0 Å². The molecule has 0 unspecified atom stereocenters. The lowest BCUT2D eigenvalue weighted by atomic mass is 10.1. The monoisotopic (exact) mass is 216 g/mol. The summed E-state index contributed by atoms with van der Waals surface area (Å²) in [5.41, 5.74) is 0.228. The van der Waals surface area contributed by atoms with Crippen molar-refractivity contribution in [3.63, 3.8) is 0 Å². The van der Waals surface area contributed by atoms with E-state index in [0.29, 0.717) is 0 Å². The summed E-state index contributed by atoms with van der Waals surface area (Å²) in [6, 6.07) is 0. The van der Waals surface area contributed by atoms with Crippen molar-refractivity contribution in [3.8, 4) is 0 Å². The van der Waals surface area contributed by atoms with E-state index in [-0.39, 0.29) is 5.54 Å². The van der Waals surface area contributed by atoms with Crippen molar-refractivity contribution in [3.05, 3.63) is 0 Å². The number of nitrogens with one attached hydrogen (secondary N) is 2. The van der Waals surface area contributed by atoms with E-state index in [0.717, 1.165) is 45.7 Å². The lowest BCUT2D eigenvalue weighted by Gasteiger charge is -2.20. The normalized spacial score (nSPS) is 12.0. The minimum atomic E-state index is 0.228. The van der Waals surface area contributed by atoms with E-state index in [1.807, 2.05) is 0 Å². The third-order valence-electron chi connectivity index (χ3n) is 1.95. The highest BCUT2D eigenvalue weighted by Crippen LogP contribution is 1.96. The Labute approximate surface area is 95.0 Å². The van der Waals surface area contributed by atoms with Gasteiger partial charge >= 0.3 is 0 Å². The highest BCUT2D eigenvalue weighted by atomic mass is 16.5. The molecule has 0 rings (SSSR count). The van der Waals surface area contributed by atoms with Crippen molar-refractivity contribution in [2.24, 2.45) is 0 Å². The quantitative estimate of drug-likeness (QED) is 0.576. The fourth-order valence-electron chi connectivity index (χ4n) is 1.20. The molecular weight excluding hydrogens is 188 g/mol. The SMILES string of the molecule is CCCOCCCNCCNC(C)(C)C. The first kappa shape index (κ1) is 14.9. The Morgan fingerprint density at radius 1 is 1.00 bits per heavy atom. The maximum absolute atomic E-state index is 5.39. The van der Waals surface area contributed by atoms with E-state index >= 15 is 0 Å². The van der Waals surface area contributed by atoms with E-state index in [4.69, 9.17) is 4.74 Å². The molecule has 0 atom stereocenters. The van der Waals surface area contributed by atoms with Crippen LogP contribution >= 0.6 is 0 Å². The molecule has 92 valence electrons. The van der Waals surface area contributed by atoms with Gasteiger partial charge in [0.2, 0.25) is 0 Å². The molecule has 0 saturated carbocycles. The molecular formula is C12H28N2O. The first-order chi connectivity index (χ1) is 7.06. The van der Waals surface area contributed by atoms with E-state index in [9.17, 15) is 0 Å². The van der Waals surface area contributed by atoms with Gasteiger partial charge in [-0.25, -0.2) is 0 Å². The molecule has 0 radical (unpaired) electrons. The molecule has 0 aromatic carbocycles. The second-order valence-electron chi connectivity index (χ2n) is 4.89. The maximum Gasteiger partial charge on any atom is 0.0478 e. The molecule has 0 fully saturated rings. The molecule has 0 aliphatic heterocycles. The summed E-state index contributed by atoms with van der Waals surface area (Å²) < 4.78 is 5.39. The van der Waals surface area contributed by atoms with Crippen LogP contribution in [0.5, 0.6) is 0 Å². The standard InChI is InChI=1S/C12H28N2O/c1-5-10-15-11-6-7-13-8-9-14-12(2,3)4/h13-14H,5-11H2,1-4H3. The number of ether oxygens (including phenoxy) is 1. The minimum absolute atomic E-state index is 0.228. The van der Waals surface area contributed by atoms with Crippen LogP contribution in [-0.2, 0) is 4.74 Å². The van der Waals surface area contributed by atoms with Gasteiger partial charge in [-0.05, 0) is 40.2 Å². The van der Waals surface area contributed by atoms with Gasteiger partial charge in [-0.15, -0.1) is 0 Å². The fourth-order valence-corrected chi connectivity index (χ4v) is 1.20. The summed E-state index contributed by atoms with van der Waals surface area (Å²) in [6.07, 6.45) is 2.22. The van der Waals surface area contributed by atoms with Crippen LogP contribution in [0.15, 0.2) is 0 Å². The second-order valence-corrected chi connectivity index (χ2v) is 4.89. The average Bonchev–Trinajstić information content (AvgIpc) is 2.14. The molecule has 15 heavy (non-hydrogen) atoms. The lowest BCUT2D eigenvalue weighted by molar-refractivity contribution is 0.132. The zero-order valence-corrected chi connectivity index (χ0v) is 10.9. The minimum Gasteiger partial charge on any atom is -0.381 e. The highest BCUT2D eigenvalue weighted by Gasteiger charge is 2.06. The van der Waals surface area contributed by atoms with E-state index < -0.39 is 0 Å². The van der Waals surface area contributed by atoms with Crippen LogP contribution in [0, 0.1) is 0 Å². The highest BCUT2D eigenvalue weighted by molar-refractivity contribution is 4.70. The molecule has 3 heteroatoms. The van der Waals surface area contributed by atoms with E-state index in [1.54, 1.807) is 0 Å². The summed E-state index contributed by atoms with van der Waals surface area (Å²) in [5, 5.41) is 6.83. The Morgan fingerprint density at radius 3 is 2.33 bits per heavy atom. The van der Waals surface area contributed by atoms with Crippen molar-refractivity contribution in [2.75, 3.05) is 32.8 Å². The molecule has 2 N–H and O–H groups in total. The second kappa shape index (κ2) is 9.13. The Hall–Kier alpha value is -0.120. The molecule has 3 nitrogen and oxygen atoms in total. The first-order valence-electron chi connectivity index (χ1n) is 6.10.